The summed E-state index contributed by atoms with van der Waals surface area (Å²) in [7, 11) is 1.99. The molecule has 1 aromatic heterocycles. The Kier molecular flexibility index (Phi) is 5.78. The van der Waals surface area contributed by atoms with Gasteiger partial charge in [-0.2, -0.15) is 0 Å². The van der Waals surface area contributed by atoms with Gasteiger partial charge >= 0.3 is 0 Å². The zero-order valence-corrected chi connectivity index (χ0v) is 15.9. The third-order valence-electron chi connectivity index (χ3n) is 4.56. The number of carbonyl (C=O) groups is 1. The zero-order chi connectivity index (χ0) is 17.8. The van der Waals surface area contributed by atoms with Gasteiger partial charge in [0, 0.05) is 19.0 Å². The maximum atomic E-state index is 12.4. The Morgan fingerprint density at radius 2 is 2.00 bits per heavy atom. The molecule has 2 aromatic rings. The Bertz CT molecular complexity index is 711. The summed E-state index contributed by atoms with van der Waals surface area (Å²) in [5.74, 6) is 1.67. The first-order valence-corrected chi connectivity index (χ1v) is 9.82. The summed E-state index contributed by atoms with van der Waals surface area (Å²) in [4.78, 5) is 12.4. The lowest BCUT2D eigenvalue weighted by molar-refractivity contribution is -0.120. The normalized spacial score (nSPS) is 16.4. The number of nitrogens with one attached hydrogen (secondary N) is 1. The van der Waals surface area contributed by atoms with Gasteiger partial charge in [-0.25, -0.2) is 0 Å². The topological polar surface area (TPSA) is 59.8 Å². The molecule has 2 atom stereocenters. The third kappa shape index (κ3) is 4.84. The SMILES string of the molecule is C[C@H](Sc1nnc(C2CC2)n1C)C(=O)N[C@@H](C)CCc1ccccc1. The van der Waals surface area contributed by atoms with Crippen LogP contribution in [0, 0.1) is 0 Å². The van der Waals surface area contributed by atoms with E-state index in [2.05, 4.69) is 34.6 Å². The predicted molar refractivity (Wildman–Crippen MR) is 101 cm³/mol. The van der Waals surface area contributed by atoms with Crippen molar-refractivity contribution >= 4 is 17.7 Å². The molecule has 5 nitrogen and oxygen atoms in total. The molecule has 0 aliphatic heterocycles. The smallest absolute Gasteiger partial charge is 0.233 e. The highest BCUT2D eigenvalue weighted by Crippen LogP contribution is 2.39. The van der Waals surface area contributed by atoms with Crippen molar-refractivity contribution in [3.63, 3.8) is 0 Å². The van der Waals surface area contributed by atoms with Crippen LogP contribution in [0.1, 0.15) is 50.4 Å². The van der Waals surface area contributed by atoms with Crippen molar-refractivity contribution in [1.82, 2.24) is 20.1 Å². The molecular formula is C19H26N4OS. The summed E-state index contributed by atoms with van der Waals surface area (Å²) >= 11 is 1.48. The van der Waals surface area contributed by atoms with E-state index in [4.69, 9.17) is 0 Å². The lowest BCUT2D eigenvalue weighted by Gasteiger charge is -2.17. The highest BCUT2D eigenvalue weighted by molar-refractivity contribution is 8.00. The van der Waals surface area contributed by atoms with Gasteiger partial charge in [0.05, 0.1) is 5.25 Å². The summed E-state index contributed by atoms with van der Waals surface area (Å²) in [5, 5.41) is 12.3. The van der Waals surface area contributed by atoms with Gasteiger partial charge in [-0.1, -0.05) is 42.1 Å². The first-order valence-electron chi connectivity index (χ1n) is 8.95. The van der Waals surface area contributed by atoms with Crippen LogP contribution in [0.15, 0.2) is 35.5 Å². The van der Waals surface area contributed by atoms with Crippen molar-refractivity contribution in [3.05, 3.63) is 41.7 Å². The molecule has 0 saturated heterocycles. The van der Waals surface area contributed by atoms with E-state index in [1.807, 2.05) is 36.7 Å². The molecule has 1 heterocycles. The van der Waals surface area contributed by atoms with E-state index < -0.39 is 0 Å². The predicted octanol–water partition coefficient (Wildman–Crippen LogP) is 3.31. The number of amides is 1. The zero-order valence-electron chi connectivity index (χ0n) is 15.1. The lowest BCUT2D eigenvalue weighted by atomic mass is 10.1. The van der Waals surface area contributed by atoms with Crippen LogP contribution in [-0.4, -0.2) is 32.0 Å². The van der Waals surface area contributed by atoms with E-state index in [9.17, 15) is 4.79 Å². The number of hydrogen-bond donors (Lipinski definition) is 1. The van der Waals surface area contributed by atoms with Crippen LogP contribution in [0.25, 0.3) is 0 Å². The Hall–Kier alpha value is -1.82. The number of aryl methyl sites for hydroxylation is 1. The van der Waals surface area contributed by atoms with Crippen molar-refractivity contribution < 1.29 is 4.79 Å². The second-order valence-corrected chi connectivity index (χ2v) is 8.18. The monoisotopic (exact) mass is 358 g/mol. The summed E-state index contributed by atoms with van der Waals surface area (Å²) < 4.78 is 2.03. The fourth-order valence-electron chi connectivity index (χ4n) is 2.80. The van der Waals surface area contributed by atoms with Gasteiger partial charge in [0.1, 0.15) is 5.82 Å². The number of aromatic nitrogens is 3. The van der Waals surface area contributed by atoms with Gasteiger partial charge in [0.25, 0.3) is 0 Å². The fraction of sp³-hybridized carbons (Fsp3) is 0.526. The molecule has 1 saturated carbocycles. The summed E-state index contributed by atoms with van der Waals surface area (Å²) in [6.45, 7) is 3.99. The van der Waals surface area contributed by atoms with Gasteiger partial charge in [-0.15, -0.1) is 10.2 Å². The van der Waals surface area contributed by atoms with Crippen LogP contribution >= 0.6 is 11.8 Å². The van der Waals surface area contributed by atoms with E-state index in [1.165, 1.54) is 30.2 Å². The van der Waals surface area contributed by atoms with Crippen LogP contribution < -0.4 is 5.32 Å². The highest BCUT2D eigenvalue weighted by Gasteiger charge is 2.30. The average molecular weight is 359 g/mol. The quantitative estimate of drug-likeness (QED) is 0.736. The molecular weight excluding hydrogens is 332 g/mol. The van der Waals surface area contributed by atoms with E-state index >= 15 is 0 Å². The van der Waals surface area contributed by atoms with Crippen molar-refractivity contribution in [2.24, 2.45) is 7.05 Å². The molecule has 0 spiro atoms. The van der Waals surface area contributed by atoms with Crippen LogP contribution in [0.2, 0.25) is 0 Å². The average Bonchev–Trinajstić information content (AvgIpc) is 3.39. The molecule has 0 radical (unpaired) electrons. The minimum atomic E-state index is -0.186. The van der Waals surface area contributed by atoms with Crippen molar-refractivity contribution in [3.8, 4) is 0 Å². The maximum Gasteiger partial charge on any atom is 0.233 e. The maximum absolute atomic E-state index is 12.4. The summed E-state index contributed by atoms with van der Waals surface area (Å²) in [6.07, 6.45) is 4.30. The van der Waals surface area contributed by atoms with Gasteiger partial charge in [0.2, 0.25) is 5.91 Å². The number of hydrogen-bond acceptors (Lipinski definition) is 4. The molecule has 1 amide bonds. The number of thioether (sulfide) groups is 1. The van der Waals surface area contributed by atoms with E-state index in [-0.39, 0.29) is 17.2 Å². The minimum Gasteiger partial charge on any atom is -0.353 e. The third-order valence-corrected chi connectivity index (χ3v) is 5.69. The van der Waals surface area contributed by atoms with Crippen LogP contribution in [0.5, 0.6) is 0 Å². The number of nitrogens with zero attached hydrogens (tertiary/aromatic N) is 3. The Morgan fingerprint density at radius 1 is 1.28 bits per heavy atom. The van der Waals surface area contributed by atoms with Crippen molar-refractivity contribution in [1.29, 1.82) is 0 Å². The first kappa shape index (κ1) is 18.0. The molecule has 134 valence electrons. The highest BCUT2D eigenvalue weighted by atomic mass is 32.2. The molecule has 1 N–H and O–H groups in total. The lowest BCUT2D eigenvalue weighted by Crippen LogP contribution is -2.38. The second kappa shape index (κ2) is 8.04. The Balaban J connectivity index is 1.47. The van der Waals surface area contributed by atoms with Gasteiger partial charge in [0.15, 0.2) is 5.16 Å². The van der Waals surface area contributed by atoms with E-state index in [1.54, 1.807) is 0 Å². The second-order valence-electron chi connectivity index (χ2n) is 6.87. The Labute approximate surface area is 153 Å². The standard InChI is InChI=1S/C19H26N4OS/c1-13(9-10-15-7-5-4-6-8-15)20-18(24)14(2)25-19-22-21-17(23(19)3)16-11-12-16/h4-8,13-14,16H,9-12H2,1-3H3,(H,20,24)/t13-,14-/m0/s1. The molecule has 1 aliphatic rings. The number of rotatable bonds is 8. The first-order chi connectivity index (χ1) is 12.0. The van der Waals surface area contributed by atoms with Crippen molar-refractivity contribution in [2.75, 3.05) is 0 Å². The summed E-state index contributed by atoms with van der Waals surface area (Å²) in [6, 6.07) is 10.5. The molecule has 0 bridgehead atoms. The number of benzene rings is 1. The fourth-order valence-corrected chi connectivity index (χ4v) is 3.63. The molecule has 1 aromatic carbocycles. The van der Waals surface area contributed by atoms with Crippen LogP contribution in [-0.2, 0) is 18.3 Å². The largest absolute Gasteiger partial charge is 0.353 e. The van der Waals surface area contributed by atoms with E-state index in [0.29, 0.717) is 5.92 Å². The molecule has 25 heavy (non-hydrogen) atoms. The van der Waals surface area contributed by atoms with Gasteiger partial charge < -0.3 is 9.88 Å². The van der Waals surface area contributed by atoms with Crippen LogP contribution in [0.4, 0.5) is 0 Å². The summed E-state index contributed by atoms with van der Waals surface area (Å²) in [5.41, 5.74) is 1.30. The molecule has 6 heteroatoms. The van der Waals surface area contributed by atoms with Crippen LogP contribution in [0.3, 0.4) is 0 Å². The minimum absolute atomic E-state index is 0.0570. The van der Waals surface area contributed by atoms with Crippen molar-refractivity contribution in [2.45, 2.75) is 61.9 Å². The Morgan fingerprint density at radius 3 is 2.68 bits per heavy atom. The molecule has 0 unspecified atom stereocenters. The van der Waals surface area contributed by atoms with E-state index in [0.717, 1.165) is 23.8 Å². The molecule has 3 rings (SSSR count). The van der Waals surface area contributed by atoms with Gasteiger partial charge in [-0.3, -0.25) is 4.79 Å². The molecule has 1 aliphatic carbocycles. The number of carbonyl (C=O) groups excluding carboxylic acids is 1. The molecule has 1 fully saturated rings. The van der Waals surface area contributed by atoms with Gasteiger partial charge in [-0.05, 0) is 45.1 Å².